The summed E-state index contributed by atoms with van der Waals surface area (Å²) in [5, 5.41) is 0.869. The molecule has 0 radical (unpaired) electrons. The summed E-state index contributed by atoms with van der Waals surface area (Å²) in [6.07, 6.45) is 5.16. The highest BCUT2D eigenvalue weighted by atomic mass is 32.1. The van der Waals surface area contributed by atoms with Gasteiger partial charge >= 0.3 is 5.69 Å². The van der Waals surface area contributed by atoms with Crippen LogP contribution in [0.1, 0.15) is 5.01 Å². The fourth-order valence-electron chi connectivity index (χ4n) is 5.57. The van der Waals surface area contributed by atoms with Gasteiger partial charge in [-0.2, -0.15) is 0 Å². The molecule has 0 spiro atoms. The number of benzene rings is 2. The number of anilines is 1. The minimum Gasteiger partial charge on any atom is -0.378 e. The van der Waals surface area contributed by atoms with Gasteiger partial charge in [-0.15, -0.1) is 11.3 Å². The van der Waals surface area contributed by atoms with E-state index in [1.807, 2.05) is 29.2 Å². The Morgan fingerprint density at radius 3 is 2.50 bits per heavy atom. The monoisotopic (exact) mass is 558 g/mol. The molecular weight excluding hydrogens is 531 g/mol. The molecule has 0 aliphatic carbocycles. The van der Waals surface area contributed by atoms with Crippen LogP contribution in [-0.2, 0) is 25.9 Å². The van der Waals surface area contributed by atoms with Crippen molar-refractivity contribution in [1.82, 2.24) is 33.2 Å². The molecule has 1 saturated heterocycles. The smallest absolute Gasteiger partial charge is 0.328 e. The van der Waals surface area contributed by atoms with Crippen LogP contribution < -0.4 is 10.6 Å². The zero-order valence-corrected chi connectivity index (χ0v) is 23.4. The zero-order valence-electron chi connectivity index (χ0n) is 22.6. The molecule has 6 aromatic rings. The minimum absolute atomic E-state index is 0.112. The second-order valence-electron chi connectivity index (χ2n) is 10.1. The van der Waals surface area contributed by atoms with Gasteiger partial charge in [-0.05, 0) is 25.1 Å². The maximum atomic E-state index is 15.7. The Balaban J connectivity index is 1.55. The van der Waals surface area contributed by atoms with Gasteiger partial charge in [-0.25, -0.2) is 24.1 Å². The van der Waals surface area contributed by atoms with Gasteiger partial charge in [0, 0.05) is 52.1 Å². The molecule has 1 aliphatic rings. The lowest BCUT2D eigenvalue weighted by molar-refractivity contribution is 0.123. The van der Waals surface area contributed by atoms with Crippen LogP contribution in [0.5, 0.6) is 0 Å². The molecule has 1 fully saturated rings. The van der Waals surface area contributed by atoms with Gasteiger partial charge in [0.25, 0.3) is 0 Å². The van der Waals surface area contributed by atoms with Crippen molar-refractivity contribution in [1.29, 1.82) is 0 Å². The molecular formula is C28H27FN8O2S. The highest BCUT2D eigenvalue weighted by molar-refractivity contribution is 7.15. The Kier molecular flexibility index (Phi) is 5.65. The maximum absolute atomic E-state index is 15.7. The molecule has 2 aromatic carbocycles. The Morgan fingerprint density at radius 1 is 1.00 bits per heavy atom. The number of aryl methyl sites for hydroxylation is 4. The van der Waals surface area contributed by atoms with E-state index in [4.69, 9.17) is 9.72 Å². The molecule has 0 saturated carbocycles. The van der Waals surface area contributed by atoms with Crippen LogP contribution in [0.15, 0.2) is 47.8 Å². The summed E-state index contributed by atoms with van der Waals surface area (Å²) in [5.74, 6) is 0.274. The molecule has 204 valence electrons. The van der Waals surface area contributed by atoms with Gasteiger partial charge in [0.05, 0.1) is 69.1 Å². The quantitative estimate of drug-likeness (QED) is 0.325. The van der Waals surface area contributed by atoms with E-state index >= 15 is 4.39 Å². The number of fused-ring (bicyclic) bond motifs is 2. The molecule has 0 atom stereocenters. The van der Waals surface area contributed by atoms with Gasteiger partial charge in [0.15, 0.2) is 5.82 Å². The van der Waals surface area contributed by atoms with Gasteiger partial charge < -0.3 is 14.2 Å². The molecule has 0 bridgehead atoms. The number of morpholine rings is 1. The first-order valence-electron chi connectivity index (χ1n) is 13.0. The average molecular weight is 559 g/mol. The summed E-state index contributed by atoms with van der Waals surface area (Å²) in [5.41, 5.74) is 5.72. The Labute approximate surface area is 232 Å². The van der Waals surface area contributed by atoms with E-state index in [9.17, 15) is 4.79 Å². The van der Waals surface area contributed by atoms with Crippen LogP contribution in [-0.4, -0.2) is 59.5 Å². The van der Waals surface area contributed by atoms with Crippen molar-refractivity contribution >= 4 is 39.1 Å². The molecule has 10 nitrogen and oxygen atoms in total. The predicted octanol–water partition coefficient (Wildman–Crippen LogP) is 4.02. The first-order chi connectivity index (χ1) is 19.3. The predicted molar refractivity (Wildman–Crippen MR) is 154 cm³/mol. The van der Waals surface area contributed by atoms with Crippen molar-refractivity contribution in [2.75, 3.05) is 31.2 Å². The number of ether oxygens (including phenoxy) is 1. The summed E-state index contributed by atoms with van der Waals surface area (Å²) in [7, 11) is 5.47. The van der Waals surface area contributed by atoms with Gasteiger partial charge in [-0.1, -0.05) is 0 Å². The number of rotatable bonds is 4. The summed E-state index contributed by atoms with van der Waals surface area (Å²) in [4.78, 5) is 29.7. The number of nitrogens with zero attached hydrogens (tertiary/aromatic N) is 8. The van der Waals surface area contributed by atoms with E-state index in [2.05, 4.69) is 20.9 Å². The third kappa shape index (κ3) is 3.70. The van der Waals surface area contributed by atoms with E-state index in [0.717, 1.165) is 38.0 Å². The lowest BCUT2D eigenvalue weighted by Crippen LogP contribution is -2.36. The molecule has 7 rings (SSSR count). The number of imidazole rings is 3. The number of aromatic nitrogens is 7. The first-order valence-corrected chi connectivity index (χ1v) is 13.8. The Morgan fingerprint density at radius 2 is 1.80 bits per heavy atom. The van der Waals surface area contributed by atoms with E-state index in [1.54, 1.807) is 48.0 Å². The SMILES string of the molecule is Cc1ncc(-c2cc3nc(-c4cncn4C)n(-c4cc(N5CCOCC5)c5c(c4)n(C)c(=O)n5C)c3cc2F)s1. The van der Waals surface area contributed by atoms with E-state index in [1.165, 1.54) is 17.4 Å². The van der Waals surface area contributed by atoms with Crippen molar-refractivity contribution in [2.45, 2.75) is 6.92 Å². The standard InChI is InChI=1S/C28H27FN8O2S/c1-16-31-14-25(40-16)18-11-20-21(12-19(18)29)37(27(32-20)24-13-30-15-33(24)2)17-9-22-26(35(4)28(38)34(22)3)23(10-17)36-5-7-39-8-6-36/h9-15H,5-8H2,1-4H3. The van der Waals surface area contributed by atoms with Crippen LogP contribution >= 0.6 is 11.3 Å². The summed E-state index contributed by atoms with van der Waals surface area (Å²) >= 11 is 1.45. The van der Waals surface area contributed by atoms with E-state index in [0.29, 0.717) is 48.7 Å². The molecule has 40 heavy (non-hydrogen) atoms. The highest BCUT2D eigenvalue weighted by Crippen LogP contribution is 2.37. The van der Waals surface area contributed by atoms with E-state index < -0.39 is 0 Å². The van der Waals surface area contributed by atoms with Crippen molar-refractivity contribution in [3.63, 3.8) is 0 Å². The number of halogens is 1. The minimum atomic E-state index is -0.351. The van der Waals surface area contributed by atoms with Crippen LogP contribution in [0.3, 0.4) is 0 Å². The van der Waals surface area contributed by atoms with E-state index in [-0.39, 0.29) is 11.5 Å². The van der Waals surface area contributed by atoms with Gasteiger partial charge in [0.2, 0.25) is 0 Å². The van der Waals surface area contributed by atoms with Crippen molar-refractivity contribution in [3.05, 3.63) is 64.3 Å². The third-order valence-corrected chi connectivity index (χ3v) is 8.56. The maximum Gasteiger partial charge on any atom is 0.328 e. The fraction of sp³-hybridized carbons (Fsp3) is 0.286. The number of hydrogen-bond donors (Lipinski definition) is 0. The molecule has 0 unspecified atom stereocenters. The van der Waals surface area contributed by atoms with Crippen molar-refractivity contribution in [2.24, 2.45) is 21.1 Å². The normalized spacial score (nSPS) is 14.2. The third-order valence-electron chi connectivity index (χ3n) is 7.61. The van der Waals surface area contributed by atoms with Gasteiger partial charge in [0.1, 0.15) is 11.5 Å². The lowest BCUT2D eigenvalue weighted by Gasteiger charge is -2.30. The molecule has 0 amide bonds. The van der Waals surface area contributed by atoms with Crippen LogP contribution in [0.25, 0.3) is 49.7 Å². The second kappa shape index (κ2) is 9.14. The molecule has 1 aliphatic heterocycles. The van der Waals surface area contributed by atoms with Crippen LogP contribution in [0.4, 0.5) is 10.1 Å². The summed E-state index contributed by atoms with van der Waals surface area (Å²) in [6.45, 7) is 4.51. The Hall–Kier alpha value is -4.29. The van der Waals surface area contributed by atoms with Crippen LogP contribution in [0, 0.1) is 12.7 Å². The van der Waals surface area contributed by atoms with Gasteiger partial charge in [-0.3, -0.25) is 13.7 Å². The lowest BCUT2D eigenvalue weighted by atomic mass is 10.1. The van der Waals surface area contributed by atoms with Crippen molar-refractivity contribution < 1.29 is 9.13 Å². The van der Waals surface area contributed by atoms with Crippen molar-refractivity contribution in [3.8, 4) is 27.6 Å². The topological polar surface area (TPSA) is 87.9 Å². The molecule has 12 heteroatoms. The number of thiazole rings is 1. The average Bonchev–Trinajstić information content (AvgIpc) is 3.72. The molecule has 5 heterocycles. The zero-order chi connectivity index (χ0) is 27.7. The first kappa shape index (κ1) is 24.7. The largest absolute Gasteiger partial charge is 0.378 e. The molecule has 4 aromatic heterocycles. The fourth-order valence-corrected chi connectivity index (χ4v) is 6.36. The second-order valence-corrected chi connectivity index (χ2v) is 11.3. The highest BCUT2D eigenvalue weighted by Gasteiger charge is 2.24. The number of hydrogen-bond acceptors (Lipinski definition) is 7. The summed E-state index contributed by atoms with van der Waals surface area (Å²) in [6, 6.07) is 7.36. The van der Waals surface area contributed by atoms with Crippen LogP contribution in [0.2, 0.25) is 0 Å². The summed E-state index contributed by atoms with van der Waals surface area (Å²) < 4.78 is 28.5. The molecule has 0 N–H and O–H groups in total. The Bertz CT molecular complexity index is 1990.